The highest BCUT2D eigenvalue weighted by Crippen LogP contribution is 2.21. The Labute approximate surface area is 148 Å². The fraction of sp³-hybridized carbons (Fsp3) is 0.826. The Morgan fingerprint density at radius 3 is 1.61 bits per heavy atom. The Balaban J connectivity index is 3.28. The van der Waals surface area contributed by atoms with Crippen LogP contribution in [-0.4, -0.2) is 0 Å². The van der Waals surface area contributed by atoms with Gasteiger partial charge in [0.25, 0.3) is 0 Å². The van der Waals surface area contributed by atoms with Crippen molar-refractivity contribution in [2.45, 2.75) is 116 Å². The van der Waals surface area contributed by atoms with Crippen molar-refractivity contribution in [3.63, 3.8) is 0 Å². The van der Waals surface area contributed by atoms with E-state index in [9.17, 15) is 0 Å². The predicted octanol–water partition coefficient (Wildman–Crippen LogP) is 7.93. The molecule has 134 valence electrons. The summed E-state index contributed by atoms with van der Waals surface area (Å²) in [6, 6.07) is 0. The molecule has 0 aromatic heterocycles. The van der Waals surface area contributed by atoms with E-state index in [0.29, 0.717) is 0 Å². The van der Waals surface area contributed by atoms with Crippen LogP contribution in [0, 0.1) is 31.6 Å². The van der Waals surface area contributed by atoms with Crippen molar-refractivity contribution in [2.24, 2.45) is 5.92 Å². The second kappa shape index (κ2) is 19.6. The first-order valence-corrected chi connectivity index (χ1v) is 10.4. The molecule has 0 heteroatoms. The molecule has 1 atom stereocenters. The molecular formula is C23H42. The molecular weight excluding hydrogens is 276 g/mol. The second-order valence-electron chi connectivity index (χ2n) is 6.95. The predicted molar refractivity (Wildman–Crippen MR) is 106 cm³/mol. The molecule has 0 fully saturated rings. The fourth-order valence-corrected chi connectivity index (χ4v) is 3.08. The van der Waals surface area contributed by atoms with E-state index in [-0.39, 0.29) is 0 Å². The Morgan fingerprint density at radius 1 is 0.609 bits per heavy atom. The van der Waals surface area contributed by atoms with E-state index in [1.165, 1.54) is 83.5 Å². The van der Waals surface area contributed by atoms with Gasteiger partial charge < -0.3 is 0 Å². The standard InChI is InChI=1S/C23H42/c1-4-7-9-10-11-12-13-14-15-16-17-18-20-22-23(6-3)21-19-8-5-2/h23H,1-2,4-10,13-22H2,3H3. The lowest BCUT2D eigenvalue weighted by Gasteiger charge is -2.14. The summed E-state index contributed by atoms with van der Waals surface area (Å²) in [6.07, 6.45) is 22.1. The molecule has 0 spiro atoms. The Bertz CT molecular complexity index is 267. The van der Waals surface area contributed by atoms with Gasteiger partial charge in [-0.05, 0) is 18.8 Å². The van der Waals surface area contributed by atoms with Crippen molar-refractivity contribution in [3.05, 3.63) is 13.8 Å². The lowest BCUT2D eigenvalue weighted by Crippen LogP contribution is -1.99. The van der Waals surface area contributed by atoms with Crippen molar-refractivity contribution >= 4 is 0 Å². The van der Waals surface area contributed by atoms with E-state index in [0.717, 1.165) is 31.6 Å². The van der Waals surface area contributed by atoms with Crippen molar-refractivity contribution in [3.8, 4) is 11.8 Å². The smallest absolute Gasteiger partial charge is 0.00886 e. The van der Waals surface area contributed by atoms with Crippen LogP contribution in [0.5, 0.6) is 0 Å². The first-order valence-electron chi connectivity index (χ1n) is 10.4. The first kappa shape index (κ1) is 22.6. The average Bonchev–Trinajstić information content (AvgIpc) is 2.57. The summed E-state index contributed by atoms with van der Waals surface area (Å²) >= 11 is 0. The van der Waals surface area contributed by atoms with Crippen LogP contribution in [0.3, 0.4) is 0 Å². The third-order valence-electron chi connectivity index (χ3n) is 4.78. The van der Waals surface area contributed by atoms with Crippen LogP contribution in [0.4, 0.5) is 0 Å². The van der Waals surface area contributed by atoms with Crippen LogP contribution in [0.25, 0.3) is 0 Å². The first-order chi connectivity index (χ1) is 11.3. The molecule has 0 aliphatic carbocycles. The molecule has 0 saturated carbocycles. The average molecular weight is 319 g/mol. The summed E-state index contributed by atoms with van der Waals surface area (Å²) in [7, 11) is 0. The van der Waals surface area contributed by atoms with Gasteiger partial charge in [0.2, 0.25) is 0 Å². The van der Waals surface area contributed by atoms with Crippen LogP contribution in [-0.2, 0) is 0 Å². The van der Waals surface area contributed by atoms with E-state index in [4.69, 9.17) is 0 Å². The van der Waals surface area contributed by atoms with Crippen molar-refractivity contribution in [2.75, 3.05) is 0 Å². The molecule has 2 radical (unpaired) electrons. The molecule has 23 heavy (non-hydrogen) atoms. The van der Waals surface area contributed by atoms with E-state index in [1.54, 1.807) is 0 Å². The second-order valence-corrected chi connectivity index (χ2v) is 6.95. The Morgan fingerprint density at radius 2 is 1.04 bits per heavy atom. The van der Waals surface area contributed by atoms with Gasteiger partial charge in [0, 0.05) is 12.8 Å². The molecule has 0 rings (SSSR count). The number of unbranched alkanes of at least 4 members (excludes halogenated alkanes) is 11. The van der Waals surface area contributed by atoms with Gasteiger partial charge in [-0.1, -0.05) is 104 Å². The summed E-state index contributed by atoms with van der Waals surface area (Å²) in [4.78, 5) is 0. The minimum Gasteiger partial charge on any atom is -0.103 e. The summed E-state index contributed by atoms with van der Waals surface area (Å²) in [5.41, 5.74) is 0. The molecule has 0 saturated heterocycles. The zero-order chi connectivity index (χ0) is 17.0. The minimum atomic E-state index is 0.973. The zero-order valence-corrected chi connectivity index (χ0v) is 16.0. The quantitative estimate of drug-likeness (QED) is 0.200. The van der Waals surface area contributed by atoms with Gasteiger partial charge in [0.05, 0.1) is 0 Å². The van der Waals surface area contributed by atoms with E-state index >= 15 is 0 Å². The van der Waals surface area contributed by atoms with Crippen LogP contribution >= 0.6 is 0 Å². The lowest BCUT2D eigenvalue weighted by molar-refractivity contribution is 0.397. The summed E-state index contributed by atoms with van der Waals surface area (Å²) in [5, 5.41) is 0. The van der Waals surface area contributed by atoms with Crippen LogP contribution in [0.1, 0.15) is 116 Å². The van der Waals surface area contributed by atoms with Gasteiger partial charge in [0.1, 0.15) is 0 Å². The molecule has 0 bridgehead atoms. The molecule has 0 heterocycles. The van der Waals surface area contributed by atoms with Gasteiger partial charge in [-0.15, -0.1) is 11.8 Å². The lowest BCUT2D eigenvalue weighted by atomic mass is 9.92. The Kier molecular flexibility index (Phi) is 19.2. The molecule has 0 N–H and O–H groups in total. The Hall–Kier alpha value is -0.440. The maximum Gasteiger partial charge on any atom is 0.00886 e. The van der Waals surface area contributed by atoms with Crippen molar-refractivity contribution in [1.29, 1.82) is 0 Å². The number of hydrogen-bond donors (Lipinski definition) is 0. The van der Waals surface area contributed by atoms with Gasteiger partial charge in [-0.25, -0.2) is 0 Å². The summed E-state index contributed by atoms with van der Waals surface area (Å²) in [6.45, 7) is 10.1. The van der Waals surface area contributed by atoms with Gasteiger partial charge >= 0.3 is 0 Å². The monoisotopic (exact) mass is 318 g/mol. The van der Waals surface area contributed by atoms with Crippen molar-refractivity contribution < 1.29 is 0 Å². The third kappa shape index (κ3) is 17.7. The van der Waals surface area contributed by atoms with Crippen LogP contribution in [0.15, 0.2) is 0 Å². The minimum absolute atomic E-state index is 0.973. The molecule has 0 aliphatic rings. The molecule has 0 amide bonds. The van der Waals surface area contributed by atoms with E-state index in [1.807, 2.05) is 0 Å². The van der Waals surface area contributed by atoms with Gasteiger partial charge in [-0.2, -0.15) is 0 Å². The molecule has 0 aromatic rings. The van der Waals surface area contributed by atoms with Crippen LogP contribution < -0.4 is 0 Å². The summed E-state index contributed by atoms with van der Waals surface area (Å²) < 4.78 is 0. The summed E-state index contributed by atoms with van der Waals surface area (Å²) in [5.74, 6) is 7.58. The van der Waals surface area contributed by atoms with Crippen molar-refractivity contribution in [1.82, 2.24) is 0 Å². The largest absolute Gasteiger partial charge is 0.103 e. The van der Waals surface area contributed by atoms with E-state index in [2.05, 4.69) is 32.6 Å². The molecule has 0 aromatic carbocycles. The molecule has 1 unspecified atom stereocenters. The zero-order valence-electron chi connectivity index (χ0n) is 16.0. The van der Waals surface area contributed by atoms with Crippen LogP contribution in [0.2, 0.25) is 0 Å². The fourth-order valence-electron chi connectivity index (χ4n) is 3.08. The number of hydrogen-bond acceptors (Lipinski definition) is 0. The third-order valence-corrected chi connectivity index (χ3v) is 4.78. The normalized spacial score (nSPS) is 12.0. The molecule has 0 aliphatic heterocycles. The highest BCUT2D eigenvalue weighted by atomic mass is 14.1. The number of rotatable bonds is 16. The SMILES string of the molecule is [CH2]CCCCC#CCCCCCCCCC(CC)CCCC[CH2]. The highest BCUT2D eigenvalue weighted by molar-refractivity contribution is 4.98. The van der Waals surface area contributed by atoms with Gasteiger partial charge in [-0.3, -0.25) is 0 Å². The van der Waals surface area contributed by atoms with Gasteiger partial charge in [0.15, 0.2) is 0 Å². The topological polar surface area (TPSA) is 0 Å². The maximum atomic E-state index is 3.94. The maximum absolute atomic E-state index is 3.94. The highest BCUT2D eigenvalue weighted by Gasteiger charge is 2.05. The van der Waals surface area contributed by atoms with E-state index < -0.39 is 0 Å². The molecule has 0 nitrogen and oxygen atoms in total.